The molecule has 0 aliphatic rings. The van der Waals surface area contributed by atoms with Gasteiger partial charge >= 0.3 is 0 Å². The van der Waals surface area contributed by atoms with Crippen LogP contribution in [0.5, 0.6) is 0 Å². The first-order chi connectivity index (χ1) is 4.95. The van der Waals surface area contributed by atoms with Crippen LogP contribution in [-0.4, -0.2) is 14.0 Å². The third-order valence-electron chi connectivity index (χ3n) is 1.44. The molecule has 0 spiro atoms. The Labute approximate surface area is 76.7 Å². The highest BCUT2D eigenvalue weighted by atomic mass is 35.5. The summed E-state index contributed by atoms with van der Waals surface area (Å²) >= 11 is 5.59. The van der Waals surface area contributed by atoms with Crippen LogP contribution in [0.25, 0.3) is 0 Å². The van der Waals surface area contributed by atoms with Gasteiger partial charge in [-0.3, -0.25) is 0 Å². The molecule has 2 heteroatoms. The van der Waals surface area contributed by atoms with Gasteiger partial charge in [-0.2, -0.15) is 0 Å². The molecule has 0 saturated heterocycles. The van der Waals surface area contributed by atoms with Crippen LogP contribution in [0.15, 0.2) is 12.2 Å². The lowest BCUT2D eigenvalue weighted by molar-refractivity contribution is 0.910. The molecule has 0 amide bonds. The molecular formula is C9H19ClSi. The van der Waals surface area contributed by atoms with Gasteiger partial charge in [0.15, 0.2) is 0 Å². The van der Waals surface area contributed by atoms with Gasteiger partial charge < -0.3 is 0 Å². The van der Waals surface area contributed by atoms with Crippen molar-refractivity contribution in [3.8, 4) is 0 Å². The molecule has 0 nitrogen and oxygen atoms in total. The van der Waals surface area contributed by atoms with Crippen molar-refractivity contribution >= 4 is 19.7 Å². The minimum atomic E-state index is -0.913. The van der Waals surface area contributed by atoms with E-state index in [-0.39, 0.29) is 0 Å². The predicted molar refractivity (Wildman–Crippen MR) is 57.2 cm³/mol. The first-order valence-corrected chi connectivity index (χ1v) is 8.42. The van der Waals surface area contributed by atoms with E-state index in [2.05, 4.69) is 26.2 Å². The van der Waals surface area contributed by atoms with Crippen LogP contribution in [0.2, 0.25) is 25.7 Å². The molecule has 0 unspecified atom stereocenters. The molecule has 0 heterocycles. The van der Waals surface area contributed by atoms with E-state index in [1.54, 1.807) is 0 Å². The molecule has 0 bridgehead atoms. The lowest BCUT2D eigenvalue weighted by Gasteiger charge is -2.16. The summed E-state index contributed by atoms with van der Waals surface area (Å²) in [5.41, 5.74) is 1.39. The van der Waals surface area contributed by atoms with Gasteiger partial charge in [0, 0.05) is 14.0 Å². The molecule has 11 heavy (non-hydrogen) atoms. The van der Waals surface area contributed by atoms with Crippen LogP contribution < -0.4 is 0 Å². The van der Waals surface area contributed by atoms with Crippen molar-refractivity contribution < 1.29 is 0 Å². The van der Waals surface area contributed by atoms with Crippen molar-refractivity contribution in [3.05, 3.63) is 12.2 Å². The first-order valence-electron chi connectivity index (χ1n) is 4.18. The smallest absolute Gasteiger partial charge is 0.0483 e. The Kier molecular flexibility index (Phi) is 5.10. The van der Waals surface area contributed by atoms with Crippen LogP contribution in [0.3, 0.4) is 0 Å². The molecule has 0 aliphatic heterocycles. The van der Waals surface area contributed by atoms with Gasteiger partial charge in [0.2, 0.25) is 0 Å². The van der Waals surface area contributed by atoms with Crippen molar-refractivity contribution in [2.45, 2.75) is 38.5 Å². The van der Waals surface area contributed by atoms with E-state index in [1.165, 1.54) is 11.6 Å². The topological polar surface area (TPSA) is 0 Å². The monoisotopic (exact) mass is 190 g/mol. The highest BCUT2D eigenvalue weighted by molar-refractivity contribution is 6.76. The molecule has 0 aliphatic carbocycles. The van der Waals surface area contributed by atoms with Crippen molar-refractivity contribution in [2.24, 2.45) is 0 Å². The summed E-state index contributed by atoms with van der Waals surface area (Å²) in [4.78, 5) is 0. The number of rotatable bonds is 5. The second-order valence-electron chi connectivity index (χ2n) is 4.28. The van der Waals surface area contributed by atoms with Gasteiger partial charge in [-0.05, 0) is 18.9 Å². The van der Waals surface area contributed by atoms with E-state index in [0.717, 1.165) is 18.7 Å². The molecule has 0 aromatic carbocycles. The van der Waals surface area contributed by atoms with E-state index >= 15 is 0 Å². The maximum atomic E-state index is 5.59. The van der Waals surface area contributed by atoms with Crippen LogP contribution in [-0.2, 0) is 0 Å². The molecule has 0 rings (SSSR count). The minimum Gasteiger partial charge on any atom is -0.127 e. The van der Waals surface area contributed by atoms with Crippen molar-refractivity contribution in [2.75, 3.05) is 5.88 Å². The Hall–Kier alpha value is 0.247. The molecule has 0 aromatic heterocycles. The zero-order valence-corrected chi connectivity index (χ0v) is 9.67. The number of allylic oxidation sites excluding steroid dienone is 1. The maximum absolute atomic E-state index is 5.59. The molecular weight excluding hydrogens is 172 g/mol. The van der Waals surface area contributed by atoms with Crippen molar-refractivity contribution in [1.29, 1.82) is 0 Å². The largest absolute Gasteiger partial charge is 0.127 e. The average molecular weight is 191 g/mol. The number of hydrogen-bond donors (Lipinski definition) is 0. The summed E-state index contributed by atoms with van der Waals surface area (Å²) in [7, 11) is -0.913. The highest BCUT2D eigenvalue weighted by Gasteiger charge is 2.13. The summed E-state index contributed by atoms with van der Waals surface area (Å²) in [6.45, 7) is 11.2. The fourth-order valence-corrected chi connectivity index (χ4v) is 2.97. The van der Waals surface area contributed by atoms with E-state index in [9.17, 15) is 0 Å². The maximum Gasteiger partial charge on any atom is 0.0483 e. The lowest BCUT2D eigenvalue weighted by Crippen LogP contribution is -2.19. The minimum absolute atomic E-state index is 0.769. The third-order valence-corrected chi connectivity index (χ3v) is 3.27. The van der Waals surface area contributed by atoms with Gasteiger partial charge in [0.05, 0.1) is 0 Å². The SMILES string of the molecule is C=C(CCCCl)C[Si](C)(C)C. The van der Waals surface area contributed by atoms with Crippen LogP contribution in [0, 0.1) is 0 Å². The summed E-state index contributed by atoms with van der Waals surface area (Å²) in [6.07, 6.45) is 2.21. The van der Waals surface area contributed by atoms with E-state index in [0.29, 0.717) is 0 Å². The normalized spacial score (nSPS) is 11.6. The fourth-order valence-electron chi connectivity index (χ4n) is 1.16. The third kappa shape index (κ3) is 8.15. The zero-order chi connectivity index (χ0) is 8.91. The summed E-state index contributed by atoms with van der Waals surface area (Å²) in [6, 6.07) is 1.25. The quantitative estimate of drug-likeness (QED) is 0.351. The Morgan fingerprint density at radius 2 is 1.91 bits per heavy atom. The first kappa shape index (κ1) is 11.2. The van der Waals surface area contributed by atoms with Gasteiger partial charge in [-0.25, -0.2) is 0 Å². The molecule has 0 radical (unpaired) electrons. The van der Waals surface area contributed by atoms with E-state index in [1.807, 2.05) is 0 Å². The standard InChI is InChI=1S/C9H19ClSi/c1-9(6-5-7-10)8-11(2,3)4/h1,5-8H2,2-4H3. The Morgan fingerprint density at radius 1 is 1.36 bits per heavy atom. The van der Waals surface area contributed by atoms with Crippen molar-refractivity contribution in [1.82, 2.24) is 0 Å². The van der Waals surface area contributed by atoms with Crippen LogP contribution >= 0.6 is 11.6 Å². The molecule has 66 valence electrons. The predicted octanol–water partition coefficient (Wildman–Crippen LogP) is 3.90. The zero-order valence-electron chi connectivity index (χ0n) is 7.91. The number of hydrogen-bond acceptors (Lipinski definition) is 0. The summed E-state index contributed by atoms with van der Waals surface area (Å²) in [5, 5.41) is 0. The summed E-state index contributed by atoms with van der Waals surface area (Å²) in [5.74, 6) is 0.769. The molecule has 0 fully saturated rings. The van der Waals surface area contributed by atoms with E-state index in [4.69, 9.17) is 11.6 Å². The van der Waals surface area contributed by atoms with Gasteiger partial charge in [-0.15, -0.1) is 18.2 Å². The Bertz CT molecular complexity index is 124. The highest BCUT2D eigenvalue weighted by Crippen LogP contribution is 2.18. The van der Waals surface area contributed by atoms with Gasteiger partial charge in [-0.1, -0.05) is 25.2 Å². The molecule has 0 aromatic rings. The van der Waals surface area contributed by atoms with Crippen LogP contribution in [0.1, 0.15) is 12.8 Å². The molecule has 0 N–H and O–H groups in total. The van der Waals surface area contributed by atoms with Crippen LogP contribution in [0.4, 0.5) is 0 Å². The molecule has 0 atom stereocenters. The van der Waals surface area contributed by atoms with E-state index < -0.39 is 8.07 Å². The lowest BCUT2D eigenvalue weighted by atomic mass is 10.2. The fraction of sp³-hybridized carbons (Fsp3) is 0.778. The summed E-state index contributed by atoms with van der Waals surface area (Å²) < 4.78 is 0. The average Bonchev–Trinajstić information content (AvgIpc) is 1.79. The Morgan fingerprint density at radius 3 is 2.27 bits per heavy atom. The van der Waals surface area contributed by atoms with Gasteiger partial charge in [0.25, 0.3) is 0 Å². The number of halogens is 1. The second kappa shape index (κ2) is 4.99. The molecule has 0 saturated carbocycles. The second-order valence-corrected chi connectivity index (χ2v) is 10.1. The van der Waals surface area contributed by atoms with Crippen molar-refractivity contribution in [3.63, 3.8) is 0 Å². The number of alkyl halides is 1. The Balaban J connectivity index is 3.53. The van der Waals surface area contributed by atoms with Gasteiger partial charge in [0.1, 0.15) is 0 Å².